The highest BCUT2D eigenvalue weighted by atomic mass is 35.5. The first-order valence-corrected chi connectivity index (χ1v) is 11.5. The molecule has 1 aliphatic rings. The van der Waals surface area contributed by atoms with Crippen molar-refractivity contribution < 1.29 is 17.6 Å². The van der Waals surface area contributed by atoms with Crippen LogP contribution in [0.25, 0.3) is 0 Å². The van der Waals surface area contributed by atoms with Gasteiger partial charge in [-0.2, -0.15) is 0 Å². The summed E-state index contributed by atoms with van der Waals surface area (Å²) < 4.78 is 40.1. The predicted octanol–water partition coefficient (Wildman–Crippen LogP) is 3.90. The molecule has 1 heterocycles. The molecule has 1 N–H and O–H groups in total. The molecule has 5 nitrogen and oxygen atoms in total. The normalized spacial score (nSPS) is 18.9. The fraction of sp³-hybridized carbons (Fsp3) is 0.381. The van der Waals surface area contributed by atoms with Gasteiger partial charge in [-0.05, 0) is 55.2 Å². The molecule has 2 aromatic rings. The van der Waals surface area contributed by atoms with Crippen LogP contribution in [-0.2, 0) is 20.6 Å². The van der Waals surface area contributed by atoms with Crippen LogP contribution in [0.5, 0.6) is 0 Å². The first-order chi connectivity index (χ1) is 13.7. The van der Waals surface area contributed by atoms with Crippen molar-refractivity contribution in [1.29, 1.82) is 0 Å². The lowest BCUT2D eigenvalue weighted by Crippen LogP contribution is -2.46. The lowest BCUT2D eigenvalue weighted by molar-refractivity contribution is -0.126. The number of carbonyl (C=O) groups excluding carboxylic acids is 1. The van der Waals surface area contributed by atoms with Crippen LogP contribution in [0.4, 0.5) is 4.39 Å². The van der Waals surface area contributed by atoms with E-state index in [1.807, 2.05) is 6.92 Å². The zero-order valence-electron chi connectivity index (χ0n) is 16.1. The Morgan fingerprint density at radius 1 is 1.21 bits per heavy atom. The summed E-state index contributed by atoms with van der Waals surface area (Å²) in [6, 6.07) is 12.4. The molecular weight excluding hydrogens is 415 g/mol. The van der Waals surface area contributed by atoms with Gasteiger partial charge < -0.3 is 5.32 Å². The number of amides is 1. The van der Waals surface area contributed by atoms with Crippen LogP contribution in [0.15, 0.2) is 48.5 Å². The number of nitrogens with one attached hydrogen (secondary N) is 1. The summed E-state index contributed by atoms with van der Waals surface area (Å²) in [5.74, 6) is -1.05. The minimum absolute atomic E-state index is 0.121. The summed E-state index contributed by atoms with van der Waals surface area (Å²) in [5, 5.41) is 3.47. The first-order valence-electron chi connectivity index (χ1n) is 9.53. The largest absolute Gasteiger partial charge is 0.349 e. The third-order valence-electron chi connectivity index (χ3n) is 5.14. The molecule has 0 spiro atoms. The molecule has 0 bridgehead atoms. The Bertz CT molecular complexity index is 949. The number of hydrogen-bond acceptors (Lipinski definition) is 3. The average Bonchev–Trinajstić information content (AvgIpc) is 2.70. The van der Waals surface area contributed by atoms with Crippen LogP contribution in [0.2, 0.25) is 5.02 Å². The number of piperidine rings is 1. The van der Waals surface area contributed by atoms with E-state index in [1.54, 1.807) is 36.4 Å². The zero-order valence-corrected chi connectivity index (χ0v) is 17.7. The summed E-state index contributed by atoms with van der Waals surface area (Å²) in [7, 11) is -3.53. The molecule has 2 atom stereocenters. The molecule has 0 unspecified atom stereocenters. The molecule has 1 amide bonds. The quantitative estimate of drug-likeness (QED) is 0.743. The van der Waals surface area contributed by atoms with Crippen molar-refractivity contribution in [2.45, 2.75) is 31.6 Å². The van der Waals surface area contributed by atoms with E-state index < -0.39 is 15.9 Å². The smallest absolute Gasteiger partial charge is 0.224 e. The van der Waals surface area contributed by atoms with Gasteiger partial charge in [0.2, 0.25) is 15.9 Å². The Labute approximate surface area is 175 Å². The Balaban J connectivity index is 1.62. The van der Waals surface area contributed by atoms with E-state index in [1.165, 1.54) is 16.4 Å². The van der Waals surface area contributed by atoms with Crippen LogP contribution < -0.4 is 5.32 Å². The lowest BCUT2D eigenvalue weighted by atomic mass is 9.98. The molecule has 1 aliphatic heterocycles. The molecule has 8 heteroatoms. The maximum Gasteiger partial charge on any atom is 0.224 e. The van der Waals surface area contributed by atoms with E-state index in [-0.39, 0.29) is 30.1 Å². The fourth-order valence-electron chi connectivity index (χ4n) is 3.46. The Morgan fingerprint density at radius 2 is 1.86 bits per heavy atom. The summed E-state index contributed by atoms with van der Waals surface area (Å²) in [6.07, 6.45) is 1.26. The van der Waals surface area contributed by atoms with Crippen molar-refractivity contribution in [3.05, 3.63) is 70.5 Å². The van der Waals surface area contributed by atoms with E-state index in [9.17, 15) is 17.6 Å². The highest BCUT2D eigenvalue weighted by molar-refractivity contribution is 7.88. The van der Waals surface area contributed by atoms with Crippen LogP contribution in [0, 0.1) is 11.7 Å². The van der Waals surface area contributed by atoms with Gasteiger partial charge in [-0.15, -0.1) is 0 Å². The van der Waals surface area contributed by atoms with Crippen molar-refractivity contribution in [2.75, 3.05) is 13.1 Å². The van der Waals surface area contributed by atoms with E-state index in [2.05, 4.69) is 5.32 Å². The summed E-state index contributed by atoms with van der Waals surface area (Å²) in [5.41, 5.74) is 1.45. The second-order valence-corrected chi connectivity index (χ2v) is 9.77. The molecule has 1 fully saturated rings. The van der Waals surface area contributed by atoms with Gasteiger partial charge in [0.25, 0.3) is 0 Å². The van der Waals surface area contributed by atoms with E-state index in [4.69, 9.17) is 11.6 Å². The van der Waals surface area contributed by atoms with Gasteiger partial charge in [-0.1, -0.05) is 35.9 Å². The SMILES string of the molecule is C[C@H](NC(=O)[C@H]1CCCN(S(=O)(=O)Cc2ccc(Cl)cc2)C1)c1ccc(F)cc1. The third-order valence-corrected chi connectivity index (χ3v) is 7.21. The Kier molecular flexibility index (Phi) is 6.93. The number of halogens is 2. The predicted molar refractivity (Wildman–Crippen MR) is 111 cm³/mol. The van der Waals surface area contributed by atoms with Gasteiger partial charge in [0.05, 0.1) is 17.7 Å². The van der Waals surface area contributed by atoms with E-state index in [0.29, 0.717) is 30.0 Å². The summed E-state index contributed by atoms with van der Waals surface area (Å²) >= 11 is 5.86. The standard InChI is InChI=1S/C21H24ClFN2O3S/c1-15(17-6-10-20(23)11-7-17)24-21(26)18-3-2-12-25(13-18)29(27,28)14-16-4-8-19(22)9-5-16/h4-11,15,18H,2-3,12-14H2,1H3,(H,24,26)/t15-,18-/m0/s1. The molecular formula is C21H24ClFN2O3S. The molecule has 156 valence electrons. The number of rotatable bonds is 6. The highest BCUT2D eigenvalue weighted by Crippen LogP contribution is 2.23. The average molecular weight is 439 g/mol. The minimum Gasteiger partial charge on any atom is -0.349 e. The maximum atomic E-state index is 13.1. The second kappa shape index (κ2) is 9.24. The number of carbonyl (C=O) groups is 1. The molecule has 0 saturated carbocycles. The van der Waals surface area contributed by atoms with Gasteiger partial charge in [0.1, 0.15) is 5.82 Å². The Hall–Kier alpha value is -1.96. The molecule has 2 aromatic carbocycles. The van der Waals surface area contributed by atoms with Gasteiger partial charge in [0, 0.05) is 18.1 Å². The third kappa shape index (κ3) is 5.78. The maximum absolute atomic E-state index is 13.1. The molecule has 0 radical (unpaired) electrons. The van der Waals surface area contributed by atoms with Gasteiger partial charge in [0.15, 0.2) is 0 Å². The molecule has 29 heavy (non-hydrogen) atoms. The first kappa shape index (κ1) is 21.7. The Morgan fingerprint density at radius 3 is 2.52 bits per heavy atom. The van der Waals surface area contributed by atoms with Crippen LogP contribution in [0.1, 0.15) is 36.9 Å². The lowest BCUT2D eigenvalue weighted by Gasteiger charge is -2.32. The highest BCUT2D eigenvalue weighted by Gasteiger charge is 2.32. The van der Waals surface area contributed by atoms with Crippen molar-refractivity contribution in [3.8, 4) is 0 Å². The van der Waals surface area contributed by atoms with Gasteiger partial charge in [-0.3, -0.25) is 4.79 Å². The number of nitrogens with zero attached hydrogens (tertiary/aromatic N) is 1. The van der Waals surface area contributed by atoms with Crippen LogP contribution in [0.3, 0.4) is 0 Å². The fourth-order valence-corrected chi connectivity index (χ4v) is 5.19. The minimum atomic E-state index is -3.53. The molecule has 0 aromatic heterocycles. The van der Waals surface area contributed by atoms with E-state index >= 15 is 0 Å². The summed E-state index contributed by atoms with van der Waals surface area (Å²) in [4.78, 5) is 12.7. The summed E-state index contributed by atoms with van der Waals surface area (Å²) in [6.45, 7) is 2.40. The van der Waals surface area contributed by atoms with E-state index in [0.717, 1.165) is 5.56 Å². The van der Waals surface area contributed by atoms with Crippen LogP contribution in [-0.4, -0.2) is 31.7 Å². The van der Waals surface area contributed by atoms with Crippen molar-refractivity contribution in [2.24, 2.45) is 5.92 Å². The van der Waals surface area contributed by atoms with Crippen LogP contribution >= 0.6 is 11.6 Å². The van der Waals surface area contributed by atoms with Crippen molar-refractivity contribution in [1.82, 2.24) is 9.62 Å². The number of benzene rings is 2. The molecule has 3 rings (SSSR count). The molecule has 1 saturated heterocycles. The number of sulfonamides is 1. The van der Waals surface area contributed by atoms with Crippen molar-refractivity contribution in [3.63, 3.8) is 0 Å². The van der Waals surface area contributed by atoms with Gasteiger partial charge in [-0.25, -0.2) is 17.1 Å². The zero-order chi connectivity index (χ0) is 21.0. The van der Waals surface area contributed by atoms with Crippen molar-refractivity contribution >= 4 is 27.5 Å². The monoisotopic (exact) mass is 438 g/mol. The second-order valence-electron chi connectivity index (χ2n) is 7.36. The number of hydrogen-bond donors (Lipinski definition) is 1. The topological polar surface area (TPSA) is 66.5 Å². The molecule has 0 aliphatic carbocycles. The van der Waals surface area contributed by atoms with Gasteiger partial charge >= 0.3 is 0 Å².